The summed E-state index contributed by atoms with van der Waals surface area (Å²) in [6.45, 7) is 4.12. The Labute approximate surface area is 112 Å². The molecule has 0 radical (unpaired) electrons. The zero-order chi connectivity index (χ0) is 13.8. The molecular weight excluding hydrogens is 243 g/mol. The molecule has 0 bridgehead atoms. The Morgan fingerprint density at radius 1 is 1.47 bits per heavy atom. The first-order valence-electron chi connectivity index (χ1n) is 6.60. The van der Waals surface area contributed by atoms with Crippen LogP contribution in [0.5, 0.6) is 0 Å². The standard InChI is InChI=1S/C15H19FN2O/c1-2-9-18(12-5-3-4-6-12)15(19)13-10-11(17)7-8-14(13)16/h2,7-8,10,12H,1,3-6,9,17H2. The van der Waals surface area contributed by atoms with Gasteiger partial charge in [-0.15, -0.1) is 6.58 Å². The number of hydrogen-bond donors (Lipinski definition) is 1. The second-order valence-corrected chi connectivity index (χ2v) is 4.92. The lowest BCUT2D eigenvalue weighted by atomic mass is 10.1. The second-order valence-electron chi connectivity index (χ2n) is 4.92. The average molecular weight is 262 g/mol. The minimum atomic E-state index is -0.522. The van der Waals surface area contributed by atoms with Crippen LogP contribution in [0.3, 0.4) is 0 Å². The molecule has 1 fully saturated rings. The molecule has 1 aliphatic carbocycles. The van der Waals surface area contributed by atoms with Crippen LogP contribution >= 0.6 is 0 Å². The number of carbonyl (C=O) groups is 1. The summed E-state index contributed by atoms with van der Waals surface area (Å²) in [7, 11) is 0. The highest BCUT2D eigenvalue weighted by Gasteiger charge is 2.28. The van der Waals surface area contributed by atoms with Crippen LogP contribution in [-0.4, -0.2) is 23.4 Å². The number of halogens is 1. The van der Waals surface area contributed by atoms with Crippen molar-refractivity contribution in [2.75, 3.05) is 12.3 Å². The van der Waals surface area contributed by atoms with Crippen molar-refractivity contribution in [2.45, 2.75) is 31.7 Å². The molecule has 4 heteroatoms. The van der Waals surface area contributed by atoms with Crippen molar-refractivity contribution in [3.63, 3.8) is 0 Å². The number of nitrogens with two attached hydrogens (primary N) is 1. The van der Waals surface area contributed by atoms with Crippen LogP contribution in [0.1, 0.15) is 36.0 Å². The van der Waals surface area contributed by atoms with Crippen LogP contribution in [0.4, 0.5) is 10.1 Å². The van der Waals surface area contributed by atoms with Crippen molar-refractivity contribution in [3.8, 4) is 0 Å². The third-order valence-corrected chi connectivity index (χ3v) is 3.57. The molecule has 2 rings (SSSR count). The summed E-state index contributed by atoms with van der Waals surface area (Å²) < 4.78 is 13.8. The minimum Gasteiger partial charge on any atom is -0.399 e. The van der Waals surface area contributed by atoms with Crippen LogP contribution in [0, 0.1) is 5.82 Å². The van der Waals surface area contributed by atoms with Crippen molar-refractivity contribution < 1.29 is 9.18 Å². The Kier molecular flexibility index (Phi) is 4.20. The third-order valence-electron chi connectivity index (χ3n) is 3.57. The first kappa shape index (κ1) is 13.6. The van der Waals surface area contributed by atoms with Gasteiger partial charge in [0.15, 0.2) is 0 Å². The molecule has 1 aliphatic rings. The van der Waals surface area contributed by atoms with Crippen LogP contribution in [-0.2, 0) is 0 Å². The fourth-order valence-electron chi connectivity index (χ4n) is 2.61. The summed E-state index contributed by atoms with van der Waals surface area (Å²) in [5, 5.41) is 0. The molecule has 0 heterocycles. The number of anilines is 1. The highest BCUT2D eigenvalue weighted by Crippen LogP contribution is 2.26. The molecule has 1 aromatic carbocycles. The Morgan fingerprint density at radius 3 is 2.79 bits per heavy atom. The molecule has 0 aromatic heterocycles. The summed E-state index contributed by atoms with van der Waals surface area (Å²) in [4.78, 5) is 14.2. The lowest BCUT2D eigenvalue weighted by Gasteiger charge is -2.28. The smallest absolute Gasteiger partial charge is 0.257 e. The quantitative estimate of drug-likeness (QED) is 0.669. The average Bonchev–Trinajstić information content (AvgIpc) is 2.92. The normalized spacial score (nSPS) is 15.4. The maximum Gasteiger partial charge on any atom is 0.257 e. The largest absolute Gasteiger partial charge is 0.399 e. The predicted octanol–water partition coefficient (Wildman–Crippen LogP) is 2.98. The fraction of sp³-hybridized carbons (Fsp3) is 0.400. The molecule has 0 aliphatic heterocycles. The van der Waals surface area contributed by atoms with E-state index in [-0.39, 0.29) is 17.5 Å². The van der Waals surface area contributed by atoms with Gasteiger partial charge in [0.25, 0.3) is 5.91 Å². The van der Waals surface area contributed by atoms with Crippen molar-refractivity contribution in [3.05, 3.63) is 42.2 Å². The summed E-state index contributed by atoms with van der Waals surface area (Å²) >= 11 is 0. The Hall–Kier alpha value is -1.84. The molecule has 0 saturated heterocycles. The van der Waals surface area contributed by atoms with Crippen molar-refractivity contribution in [1.29, 1.82) is 0 Å². The molecule has 2 N–H and O–H groups in total. The van der Waals surface area contributed by atoms with Crippen LogP contribution in [0.2, 0.25) is 0 Å². The maximum atomic E-state index is 13.8. The van der Waals surface area contributed by atoms with Gasteiger partial charge in [-0.2, -0.15) is 0 Å². The number of carbonyl (C=O) groups excluding carboxylic acids is 1. The van der Waals surface area contributed by atoms with Crippen LogP contribution in [0.25, 0.3) is 0 Å². The van der Waals surface area contributed by atoms with Crippen molar-refractivity contribution >= 4 is 11.6 Å². The number of rotatable bonds is 4. The van der Waals surface area contributed by atoms with Gasteiger partial charge < -0.3 is 10.6 Å². The predicted molar refractivity (Wildman–Crippen MR) is 74.3 cm³/mol. The number of benzene rings is 1. The highest BCUT2D eigenvalue weighted by molar-refractivity contribution is 5.95. The third kappa shape index (κ3) is 2.95. The van der Waals surface area contributed by atoms with Crippen LogP contribution < -0.4 is 5.73 Å². The Balaban J connectivity index is 2.27. The lowest BCUT2D eigenvalue weighted by Crippen LogP contribution is -2.39. The van der Waals surface area contributed by atoms with Crippen LogP contribution in [0.15, 0.2) is 30.9 Å². The SMILES string of the molecule is C=CCN(C(=O)c1cc(N)ccc1F)C1CCCC1. The topological polar surface area (TPSA) is 46.3 Å². The van der Waals surface area contributed by atoms with Gasteiger partial charge in [-0.3, -0.25) is 4.79 Å². The van der Waals surface area contributed by atoms with E-state index in [2.05, 4.69) is 6.58 Å². The van der Waals surface area contributed by atoms with E-state index < -0.39 is 5.82 Å². The van der Waals surface area contributed by atoms with Gasteiger partial charge in [-0.1, -0.05) is 18.9 Å². The van der Waals surface area contributed by atoms with E-state index in [1.807, 2.05) is 0 Å². The number of hydrogen-bond acceptors (Lipinski definition) is 2. The van der Waals surface area contributed by atoms with Gasteiger partial charge in [0.1, 0.15) is 5.82 Å². The van der Waals surface area contributed by atoms with Crippen molar-refractivity contribution in [1.82, 2.24) is 4.90 Å². The molecule has 1 aromatic rings. The first-order chi connectivity index (χ1) is 9.13. The van der Waals surface area contributed by atoms with E-state index in [1.165, 1.54) is 18.2 Å². The molecule has 0 atom stereocenters. The van der Waals surface area contributed by atoms with Gasteiger partial charge in [0, 0.05) is 18.3 Å². The molecule has 0 unspecified atom stereocenters. The van der Waals surface area contributed by atoms with Gasteiger partial charge in [0.05, 0.1) is 5.56 Å². The molecule has 0 spiro atoms. The molecule has 1 saturated carbocycles. The maximum absolute atomic E-state index is 13.8. The zero-order valence-corrected chi connectivity index (χ0v) is 10.9. The molecular formula is C15H19FN2O. The van der Waals surface area contributed by atoms with Gasteiger partial charge in [-0.25, -0.2) is 4.39 Å². The van der Waals surface area contributed by atoms with Gasteiger partial charge in [-0.05, 0) is 31.0 Å². The highest BCUT2D eigenvalue weighted by atomic mass is 19.1. The van der Waals surface area contributed by atoms with E-state index in [1.54, 1.807) is 11.0 Å². The second kappa shape index (κ2) is 5.87. The Bertz CT molecular complexity index is 481. The summed E-state index contributed by atoms with van der Waals surface area (Å²) in [5.41, 5.74) is 6.08. The minimum absolute atomic E-state index is 0.0498. The van der Waals surface area contributed by atoms with E-state index in [4.69, 9.17) is 5.73 Å². The lowest BCUT2D eigenvalue weighted by molar-refractivity contribution is 0.0702. The summed E-state index contributed by atoms with van der Waals surface area (Å²) in [5.74, 6) is -0.817. The zero-order valence-electron chi connectivity index (χ0n) is 10.9. The van der Waals surface area contributed by atoms with E-state index in [0.717, 1.165) is 25.7 Å². The van der Waals surface area contributed by atoms with Crippen molar-refractivity contribution in [2.24, 2.45) is 0 Å². The number of nitrogen functional groups attached to an aromatic ring is 1. The van der Waals surface area contributed by atoms with Gasteiger partial charge in [0.2, 0.25) is 0 Å². The molecule has 102 valence electrons. The molecule has 1 amide bonds. The molecule has 3 nitrogen and oxygen atoms in total. The fourth-order valence-corrected chi connectivity index (χ4v) is 2.61. The monoisotopic (exact) mass is 262 g/mol. The van der Waals surface area contributed by atoms with E-state index in [9.17, 15) is 9.18 Å². The summed E-state index contributed by atoms with van der Waals surface area (Å²) in [6.07, 6.45) is 5.86. The number of amides is 1. The Morgan fingerprint density at radius 2 is 2.16 bits per heavy atom. The van der Waals surface area contributed by atoms with E-state index in [0.29, 0.717) is 12.2 Å². The summed E-state index contributed by atoms with van der Waals surface area (Å²) in [6, 6.07) is 4.29. The van der Waals surface area contributed by atoms with E-state index >= 15 is 0 Å². The first-order valence-corrected chi connectivity index (χ1v) is 6.60. The number of nitrogens with zero attached hydrogens (tertiary/aromatic N) is 1. The molecule has 19 heavy (non-hydrogen) atoms. The van der Waals surface area contributed by atoms with Gasteiger partial charge >= 0.3 is 0 Å².